The predicted octanol–water partition coefficient (Wildman–Crippen LogP) is 4.09. The molecule has 0 saturated heterocycles. The molecule has 168 valence electrons. The molecule has 2 aromatic carbocycles. The predicted molar refractivity (Wildman–Crippen MR) is 123 cm³/mol. The molecule has 0 saturated carbocycles. The molecule has 1 heterocycles. The van der Waals surface area contributed by atoms with E-state index in [0.717, 1.165) is 0 Å². The summed E-state index contributed by atoms with van der Waals surface area (Å²) in [5, 5.41) is 0.496. The van der Waals surface area contributed by atoms with Crippen molar-refractivity contribution in [2.75, 3.05) is 53.4 Å². The minimum absolute atomic E-state index is 0. The van der Waals surface area contributed by atoms with Crippen molar-refractivity contribution in [1.82, 2.24) is 9.88 Å². The van der Waals surface area contributed by atoms with Gasteiger partial charge in [-0.1, -0.05) is 11.3 Å². The van der Waals surface area contributed by atoms with Crippen LogP contribution in [0.25, 0.3) is 10.2 Å². The first-order valence-corrected chi connectivity index (χ1v) is 10.0. The van der Waals surface area contributed by atoms with Gasteiger partial charge in [-0.25, -0.2) is 9.37 Å². The molecule has 3 aromatic rings. The van der Waals surface area contributed by atoms with E-state index in [1.54, 1.807) is 23.1 Å². The number of likely N-dealkylation sites (N-methyl/N-ethyl adjacent to an activating group) is 1. The Kier molecular flexibility index (Phi) is 8.43. The van der Waals surface area contributed by atoms with Gasteiger partial charge < -0.3 is 19.1 Å². The van der Waals surface area contributed by atoms with Crippen LogP contribution < -0.4 is 19.1 Å². The Morgan fingerprint density at radius 3 is 2.23 bits per heavy atom. The standard InChI is InChI=1S/C21H24FN3O4S.ClH/c1-24(2)8-9-25(21-23-15-7-6-14(22)12-18(15)30-21)20(26)13-10-16(27-3)19(29-5)17(11-13)28-4;/h6-7,10-12H,8-9H2,1-5H3;1H. The minimum atomic E-state index is -0.339. The molecule has 0 atom stereocenters. The summed E-state index contributed by atoms with van der Waals surface area (Å²) in [5.74, 6) is 0.578. The summed E-state index contributed by atoms with van der Waals surface area (Å²) in [5.41, 5.74) is 1.01. The maximum atomic E-state index is 13.6. The lowest BCUT2D eigenvalue weighted by molar-refractivity contribution is 0.0984. The van der Waals surface area contributed by atoms with Gasteiger partial charge >= 0.3 is 0 Å². The zero-order chi connectivity index (χ0) is 21.8. The lowest BCUT2D eigenvalue weighted by atomic mass is 10.1. The molecular weight excluding hydrogens is 445 g/mol. The summed E-state index contributed by atoms with van der Waals surface area (Å²) in [6.07, 6.45) is 0. The molecule has 0 fully saturated rings. The number of fused-ring (bicyclic) bond motifs is 1. The summed E-state index contributed by atoms with van der Waals surface area (Å²) in [4.78, 5) is 21.6. The molecule has 0 radical (unpaired) electrons. The van der Waals surface area contributed by atoms with Crippen LogP contribution in [0.5, 0.6) is 17.2 Å². The highest BCUT2D eigenvalue weighted by atomic mass is 35.5. The maximum Gasteiger partial charge on any atom is 0.260 e. The molecule has 3 rings (SSSR count). The second kappa shape index (κ2) is 10.6. The molecule has 0 aliphatic carbocycles. The van der Waals surface area contributed by atoms with Crippen LogP contribution in [0.15, 0.2) is 30.3 Å². The van der Waals surface area contributed by atoms with Gasteiger partial charge in [0, 0.05) is 18.7 Å². The summed E-state index contributed by atoms with van der Waals surface area (Å²) in [6.45, 7) is 1.03. The fraction of sp³-hybridized carbons (Fsp3) is 0.333. The van der Waals surface area contributed by atoms with Gasteiger partial charge in [0.2, 0.25) is 5.75 Å². The number of amides is 1. The van der Waals surface area contributed by atoms with Gasteiger partial charge in [0.05, 0.1) is 31.5 Å². The number of hydrogen-bond donors (Lipinski definition) is 0. The van der Waals surface area contributed by atoms with E-state index in [1.807, 2.05) is 19.0 Å². The SMILES string of the molecule is COc1cc(C(=O)N(CCN(C)C)c2nc3ccc(F)cc3s2)cc(OC)c1OC.Cl. The summed E-state index contributed by atoms with van der Waals surface area (Å²) in [6, 6.07) is 7.61. The Labute approximate surface area is 190 Å². The maximum absolute atomic E-state index is 13.6. The van der Waals surface area contributed by atoms with Crippen molar-refractivity contribution >= 4 is 45.0 Å². The van der Waals surface area contributed by atoms with Crippen molar-refractivity contribution < 1.29 is 23.4 Å². The van der Waals surface area contributed by atoms with E-state index >= 15 is 0 Å². The average molecular weight is 470 g/mol. The van der Waals surface area contributed by atoms with Gasteiger partial charge in [-0.05, 0) is 44.4 Å². The van der Waals surface area contributed by atoms with Gasteiger partial charge in [-0.15, -0.1) is 12.4 Å². The number of aromatic nitrogens is 1. The highest BCUT2D eigenvalue weighted by Gasteiger charge is 2.24. The fourth-order valence-electron chi connectivity index (χ4n) is 2.95. The highest BCUT2D eigenvalue weighted by Crippen LogP contribution is 2.39. The van der Waals surface area contributed by atoms with Crippen molar-refractivity contribution in [2.24, 2.45) is 0 Å². The molecule has 0 bridgehead atoms. The number of thiazole rings is 1. The molecule has 7 nitrogen and oxygen atoms in total. The third-order valence-electron chi connectivity index (χ3n) is 4.50. The minimum Gasteiger partial charge on any atom is -0.493 e. The zero-order valence-corrected chi connectivity index (χ0v) is 19.6. The van der Waals surface area contributed by atoms with Crippen molar-refractivity contribution in [3.63, 3.8) is 0 Å². The van der Waals surface area contributed by atoms with E-state index in [4.69, 9.17) is 14.2 Å². The first-order valence-electron chi connectivity index (χ1n) is 9.20. The van der Waals surface area contributed by atoms with Gasteiger partial charge in [0.25, 0.3) is 5.91 Å². The smallest absolute Gasteiger partial charge is 0.260 e. The molecule has 0 aliphatic rings. The summed E-state index contributed by atoms with van der Waals surface area (Å²) < 4.78 is 30.4. The fourth-order valence-corrected chi connectivity index (χ4v) is 3.96. The number of anilines is 1. The van der Waals surface area contributed by atoms with Gasteiger partial charge in [-0.3, -0.25) is 9.69 Å². The van der Waals surface area contributed by atoms with E-state index in [-0.39, 0.29) is 24.1 Å². The number of nitrogens with zero attached hydrogens (tertiary/aromatic N) is 3. The van der Waals surface area contributed by atoms with Gasteiger partial charge in [0.15, 0.2) is 16.6 Å². The lowest BCUT2D eigenvalue weighted by Gasteiger charge is -2.23. The van der Waals surface area contributed by atoms with E-state index in [9.17, 15) is 9.18 Å². The number of benzene rings is 2. The van der Waals surface area contributed by atoms with Crippen LogP contribution in [-0.2, 0) is 0 Å². The Balaban J connectivity index is 0.00000341. The first-order chi connectivity index (χ1) is 14.4. The molecule has 0 aliphatic heterocycles. The number of hydrogen-bond acceptors (Lipinski definition) is 7. The second-order valence-electron chi connectivity index (χ2n) is 6.78. The van der Waals surface area contributed by atoms with Crippen LogP contribution >= 0.6 is 23.7 Å². The molecule has 1 aromatic heterocycles. The van der Waals surface area contributed by atoms with Crippen LogP contribution in [0.2, 0.25) is 0 Å². The third kappa shape index (κ3) is 5.36. The quantitative estimate of drug-likeness (QED) is 0.495. The topological polar surface area (TPSA) is 64.1 Å². The van der Waals surface area contributed by atoms with E-state index in [2.05, 4.69) is 4.98 Å². The van der Waals surface area contributed by atoms with Crippen molar-refractivity contribution in [2.45, 2.75) is 0 Å². The van der Waals surface area contributed by atoms with Crippen LogP contribution in [0.1, 0.15) is 10.4 Å². The van der Waals surface area contributed by atoms with Crippen LogP contribution in [0, 0.1) is 5.82 Å². The number of rotatable bonds is 8. The molecule has 0 spiro atoms. The van der Waals surface area contributed by atoms with Gasteiger partial charge in [0.1, 0.15) is 5.82 Å². The first kappa shape index (κ1) is 24.6. The average Bonchev–Trinajstić information content (AvgIpc) is 3.14. The molecule has 0 unspecified atom stereocenters. The summed E-state index contributed by atoms with van der Waals surface area (Å²) >= 11 is 1.27. The van der Waals surface area contributed by atoms with E-state index < -0.39 is 0 Å². The van der Waals surface area contributed by atoms with Crippen molar-refractivity contribution in [1.29, 1.82) is 0 Å². The van der Waals surface area contributed by atoms with E-state index in [1.165, 1.54) is 44.8 Å². The molecule has 1 amide bonds. The number of carbonyl (C=O) groups excluding carboxylic acids is 1. The highest BCUT2D eigenvalue weighted by molar-refractivity contribution is 7.22. The van der Waals surface area contributed by atoms with Crippen molar-refractivity contribution in [3.8, 4) is 17.2 Å². The Bertz CT molecular complexity index is 1040. The molecule has 31 heavy (non-hydrogen) atoms. The van der Waals surface area contributed by atoms with Crippen LogP contribution in [0.4, 0.5) is 9.52 Å². The summed E-state index contributed by atoms with van der Waals surface area (Å²) in [7, 11) is 8.35. The monoisotopic (exact) mass is 469 g/mol. The molecular formula is C21H25ClFN3O4S. The lowest BCUT2D eigenvalue weighted by Crippen LogP contribution is -2.36. The molecule has 0 N–H and O–H groups in total. The Morgan fingerprint density at radius 1 is 1.03 bits per heavy atom. The van der Waals surface area contributed by atoms with E-state index in [0.29, 0.717) is 51.2 Å². The molecule has 10 heteroatoms. The van der Waals surface area contributed by atoms with Gasteiger partial charge in [-0.2, -0.15) is 0 Å². The number of ether oxygens (including phenoxy) is 3. The third-order valence-corrected chi connectivity index (χ3v) is 5.54. The largest absolute Gasteiger partial charge is 0.493 e. The Hall–Kier alpha value is -2.62. The zero-order valence-electron chi connectivity index (χ0n) is 18.0. The Morgan fingerprint density at radius 2 is 1.68 bits per heavy atom. The normalized spacial score (nSPS) is 10.7. The van der Waals surface area contributed by atoms with Crippen LogP contribution in [0.3, 0.4) is 0 Å². The number of halogens is 2. The number of methoxy groups -OCH3 is 3. The van der Waals surface area contributed by atoms with Crippen LogP contribution in [-0.4, -0.2) is 64.3 Å². The number of carbonyl (C=O) groups is 1. The van der Waals surface area contributed by atoms with Crippen molar-refractivity contribution in [3.05, 3.63) is 41.7 Å². The second-order valence-corrected chi connectivity index (χ2v) is 7.79.